The van der Waals surface area contributed by atoms with Gasteiger partial charge in [0.2, 0.25) is 6.79 Å². The molecule has 7 heteroatoms. The Hall–Kier alpha value is -2.47. The number of likely N-dealkylation sites (tertiary alicyclic amines) is 1. The first-order valence-corrected chi connectivity index (χ1v) is 8.03. The molecule has 1 amide bonds. The number of carbonyl (C=O) groups is 1. The molecule has 2 aliphatic heterocycles. The van der Waals surface area contributed by atoms with Crippen LogP contribution in [0.4, 0.5) is 0 Å². The van der Waals surface area contributed by atoms with Gasteiger partial charge in [0.05, 0.1) is 6.54 Å². The molecule has 3 heterocycles. The summed E-state index contributed by atoms with van der Waals surface area (Å²) in [5.41, 5.74) is 0.585. The van der Waals surface area contributed by atoms with Crippen molar-refractivity contribution >= 4 is 17.5 Å². The predicted molar refractivity (Wildman–Crippen MR) is 86.7 cm³/mol. The van der Waals surface area contributed by atoms with E-state index in [-0.39, 0.29) is 18.8 Å². The van der Waals surface area contributed by atoms with Crippen molar-refractivity contribution in [2.45, 2.75) is 12.5 Å². The number of amides is 1. The zero-order valence-corrected chi connectivity index (χ0v) is 13.5. The fourth-order valence-electron chi connectivity index (χ4n) is 2.86. The van der Waals surface area contributed by atoms with Gasteiger partial charge in [0.25, 0.3) is 5.91 Å². The maximum atomic E-state index is 12.6. The van der Waals surface area contributed by atoms with Crippen LogP contribution in [0.25, 0.3) is 0 Å². The number of fused-ring (bicyclic) bond motifs is 1. The second kappa shape index (κ2) is 6.20. The van der Waals surface area contributed by atoms with Crippen LogP contribution in [0.3, 0.4) is 0 Å². The number of hydrogen-bond acceptors (Lipinski definition) is 5. The van der Waals surface area contributed by atoms with E-state index in [0.29, 0.717) is 40.9 Å². The van der Waals surface area contributed by atoms with E-state index in [1.54, 1.807) is 41.6 Å². The van der Waals surface area contributed by atoms with Crippen LogP contribution in [0.15, 0.2) is 36.7 Å². The highest BCUT2D eigenvalue weighted by atomic mass is 35.5. The number of pyridine rings is 1. The summed E-state index contributed by atoms with van der Waals surface area (Å²) < 4.78 is 16.5. The topological polar surface area (TPSA) is 60.9 Å². The first-order chi connectivity index (χ1) is 11.7. The molecule has 0 radical (unpaired) electrons. The minimum Gasteiger partial charge on any atom is -0.487 e. The van der Waals surface area contributed by atoms with Crippen molar-refractivity contribution in [1.29, 1.82) is 0 Å². The molecule has 2 aromatic rings. The fraction of sp³-hybridized carbons (Fsp3) is 0.294. The molecule has 1 aromatic carbocycles. The van der Waals surface area contributed by atoms with Crippen molar-refractivity contribution in [3.05, 3.63) is 47.2 Å². The zero-order valence-electron chi connectivity index (χ0n) is 12.8. The Kier molecular flexibility index (Phi) is 3.90. The van der Waals surface area contributed by atoms with Crippen LogP contribution in [0, 0.1) is 0 Å². The zero-order chi connectivity index (χ0) is 16.5. The van der Waals surface area contributed by atoms with Gasteiger partial charge < -0.3 is 19.1 Å². The molecule has 1 saturated heterocycles. The smallest absolute Gasteiger partial charge is 0.254 e. The Morgan fingerprint density at radius 3 is 3.04 bits per heavy atom. The summed E-state index contributed by atoms with van der Waals surface area (Å²) in [4.78, 5) is 18.4. The van der Waals surface area contributed by atoms with Gasteiger partial charge in [-0.25, -0.2) is 0 Å². The molecule has 6 nitrogen and oxygen atoms in total. The van der Waals surface area contributed by atoms with Gasteiger partial charge in [0, 0.05) is 37.0 Å². The number of carbonyl (C=O) groups excluding carboxylic acids is 1. The summed E-state index contributed by atoms with van der Waals surface area (Å²) in [5.74, 6) is 1.83. The third kappa shape index (κ3) is 2.85. The van der Waals surface area contributed by atoms with Gasteiger partial charge in [-0.3, -0.25) is 9.78 Å². The van der Waals surface area contributed by atoms with E-state index in [4.69, 9.17) is 25.8 Å². The minimum absolute atomic E-state index is 0.0415. The van der Waals surface area contributed by atoms with E-state index in [1.807, 2.05) is 0 Å². The van der Waals surface area contributed by atoms with E-state index in [2.05, 4.69) is 4.98 Å². The maximum absolute atomic E-state index is 12.6. The molecular formula is C17H15ClN2O4. The van der Waals surface area contributed by atoms with Crippen molar-refractivity contribution in [2.24, 2.45) is 0 Å². The van der Waals surface area contributed by atoms with Crippen molar-refractivity contribution < 1.29 is 19.0 Å². The molecule has 124 valence electrons. The third-order valence-corrected chi connectivity index (χ3v) is 4.36. The first-order valence-electron chi connectivity index (χ1n) is 7.66. The van der Waals surface area contributed by atoms with E-state index in [1.165, 1.54) is 0 Å². The number of halogens is 1. The van der Waals surface area contributed by atoms with E-state index >= 15 is 0 Å². The Bertz CT molecular complexity index is 783. The molecule has 0 spiro atoms. The number of aromatic nitrogens is 1. The number of nitrogens with zero attached hydrogens (tertiary/aromatic N) is 2. The molecule has 1 fully saturated rings. The minimum atomic E-state index is -0.0807. The molecule has 0 bridgehead atoms. The van der Waals surface area contributed by atoms with Gasteiger partial charge in [-0.15, -0.1) is 0 Å². The SMILES string of the molecule is O=C(c1ccc2c(c1)OCO2)N1CC[C@@H](Oc2ccncc2Cl)C1. The Morgan fingerprint density at radius 2 is 2.17 bits per heavy atom. The highest BCUT2D eigenvalue weighted by Crippen LogP contribution is 2.33. The number of hydrogen-bond donors (Lipinski definition) is 0. The summed E-state index contributed by atoms with van der Waals surface area (Å²) in [6, 6.07) is 6.96. The average molecular weight is 347 g/mol. The van der Waals surface area contributed by atoms with E-state index in [9.17, 15) is 4.79 Å². The molecule has 0 N–H and O–H groups in total. The highest BCUT2D eigenvalue weighted by molar-refractivity contribution is 6.31. The summed E-state index contributed by atoms with van der Waals surface area (Å²) in [6.45, 7) is 1.35. The second-order valence-corrected chi connectivity index (χ2v) is 6.06. The molecule has 0 saturated carbocycles. The van der Waals surface area contributed by atoms with Crippen LogP contribution < -0.4 is 14.2 Å². The quantitative estimate of drug-likeness (QED) is 0.855. The van der Waals surface area contributed by atoms with Gasteiger partial charge in [-0.1, -0.05) is 11.6 Å². The third-order valence-electron chi connectivity index (χ3n) is 4.08. The van der Waals surface area contributed by atoms with Gasteiger partial charge >= 0.3 is 0 Å². The first kappa shape index (κ1) is 15.1. The Morgan fingerprint density at radius 1 is 1.29 bits per heavy atom. The highest BCUT2D eigenvalue weighted by Gasteiger charge is 2.29. The summed E-state index contributed by atoms with van der Waals surface area (Å²) >= 11 is 6.06. The van der Waals surface area contributed by atoms with Gasteiger partial charge in [-0.2, -0.15) is 0 Å². The van der Waals surface area contributed by atoms with Crippen LogP contribution >= 0.6 is 11.6 Å². The lowest BCUT2D eigenvalue weighted by Gasteiger charge is -2.18. The lowest BCUT2D eigenvalue weighted by Crippen LogP contribution is -2.30. The van der Waals surface area contributed by atoms with Crippen LogP contribution in [0.1, 0.15) is 16.8 Å². The molecule has 1 aromatic heterocycles. The van der Waals surface area contributed by atoms with Crippen LogP contribution in [-0.2, 0) is 0 Å². The lowest BCUT2D eigenvalue weighted by molar-refractivity contribution is 0.0772. The van der Waals surface area contributed by atoms with Crippen molar-refractivity contribution in [3.8, 4) is 17.2 Å². The van der Waals surface area contributed by atoms with Crippen molar-refractivity contribution in [3.63, 3.8) is 0 Å². The van der Waals surface area contributed by atoms with E-state index < -0.39 is 0 Å². The molecule has 1 atom stereocenters. The van der Waals surface area contributed by atoms with Gasteiger partial charge in [-0.05, 0) is 18.2 Å². The fourth-order valence-corrected chi connectivity index (χ4v) is 3.02. The number of rotatable bonds is 3. The average Bonchev–Trinajstić information content (AvgIpc) is 3.24. The molecule has 4 rings (SSSR count). The number of benzene rings is 1. The lowest BCUT2D eigenvalue weighted by atomic mass is 10.2. The molecule has 0 unspecified atom stereocenters. The molecule has 24 heavy (non-hydrogen) atoms. The Labute approximate surface area is 143 Å². The summed E-state index contributed by atoms with van der Waals surface area (Å²) in [6.07, 6.45) is 3.85. The summed E-state index contributed by atoms with van der Waals surface area (Å²) in [7, 11) is 0. The second-order valence-electron chi connectivity index (χ2n) is 5.65. The standard InChI is InChI=1S/C17H15ClN2O4/c18-13-8-19-5-3-14(13)24-12-4-6-20(9-12)17(21)11-1-2-15-16(7-11)23-10-22-15/h1-3,5,7-8,12H,4,6,9-10H2/t12-/m1/s1. The van der Waals surface area contributed by atoms with Gasteiger partial charge in [0.1, 0.15) is 16.9 Å². The van der Waals surface area contributed by atoms with E-state index in [0.717, 1.165) is 6.42 Å². The van der Waals surface area contributed by atoms with Crippen molar-refractivity contribution in [2.75, 3.05) is 19.9 Å². The molecule has 0 aliphatic carbocycles. The maximum Gasteiger partial charge on any atom is 0.254 e. The monoisotopic (exact) mass is 346 g/mol. The number of ether oxygens (including phenoxy) is 3. The van der Waals surface area contributed by atoms with Crippen LogP contribution in [-0.4, -0.2) is 41.8 Å². The van der Waals surface area contributed by atoms with Crippen LogP contribution in [0.5, 0.6) is 17.2 Å². The molecule has 2 aliphatic rings. The van der Waals surface area contributed by atoms with Crippen molar-refractivity contribution in [1.82, 2.24) is 9.88 Å². The predicted octanol–water partition coefficient (Wildman–Crippen LogP) is 2.76. The summed E-state index contributed by atoms with van der Waals surface area (Å²) in [5, 5.41) is 0.470. The largest absolute Gasteiger partial charge is 0.487 e. The normalized spacial score (nSPS) is 18.7. The Balaban J connectivity index is 1.43. The molecular weight excluding hydrogens is 332 g/mol. The van der Waals surface area contributed by atoms with Crippen LogP contribution in [0.2, 0.25) is 5.02 Å². The van der Waals surface area contributed by atoms with Gasteiger partial charge in [0.15, 0.2) is 11.5 Å².